The molecule has 0 fully saturated rings. The maximum atomic E-state index is 15.3. The zero-order chi connectivity index (χ0) is 26.2. The van der Waals surface area contributed by atoms with Gasteiger partial charge < -0.3 is 14.8 Å². The topological polar surface area (TPSA) is 102 Å². The second kappa shape index (κ2) is 12.4. The van der Waals surface area contributed by atoms with Crippen molar-refractivity contribution in [1.82, 2.24) is 14.8 Å². The third-order valence-corrected chi connectivity index (χ3v) is 5.87. The smallest absolute Gasteiger partial charge is 0.274 e. The SMILES string of the molecule is CCOCCOCCNc1nc(F)c(-c2nn(Cc3ccc(C#N)cc3)c(=O)c3ccccc23)cc1Cl. The highest BCUT2D eigenvalue weighted by Gasteiger charge is 2.19. The Morgan fingerprint density at radius 2 is 1.81 bits per heavy atom. The van der Waals surface area contributed by atoms with E-state index in [1.54, 1.807) is 48.5 Å². The summed E-state index contributed by atoms with van der Waals surface area (Å²) in [4.78, 5) is 17.2. The molecule has 0 aliphatic rings. The molecule has 0 bridgehead atoms. The van der Waals surface area contributed by atoms with Crippen LogP contribution >= 0.6 is 11.6 Å². The van der Waals surface area contributed by atoms with Crippen LogP contribution in [0.2, 0.25) is 5.02 Å². The van der Waals surface area contributed by atoms with E-state index < -0.39 is 5.95 Å². The number of nitriles is 1. The number of aromatic nitrogens is 3. The molecule has 0 aliphatic carbocycles. The average Bonchev–Trinajstić information content (AvgIpc) is 2.92. The van der Waals surface area contributed by atoms with Gasteiger partial charge in [-0.1, -0.05) is 41.9 Å². The largest absolute Gasteiger partial charge is 0.379 e. The van der Waals surface area contributed by atoms with Gasteiger partial charge >= 0.3 is 0 Å². The first-order valence-electron chi connectivity index (χ1n) is 11.8. The van der Waals surface area contributed by atoms with E-state index in [0.29, 0.717) is 49.3 Å². The van der Waals surface area contributed by atoms with Gasteiger partial charge in [0.15, 0.2) is 0 Å². The molecule has 37 heavy (non-hydrogen) atoms. The fourth-order valence-corrected chi connectivity index (χ4v) is 3.98. The molecule has 0 radical (unpaired) electrons. The Labute approximate surface area is 218 Å². The zero-order valence-corrected chi connectivity index (χ0v) is 21.0. The van der Waals surface area contributed by atoms with Crippen molar-refractivity contribution in [3.63, 3.8) is 0 Å². The summed E-state index contributed by atoms with van der Waals surface area (Å²) in [6.07, 6.45) is 0. The number of hydrogen-bond donors (Lipinski definition) is 1. The molecule has 0 atom stereocenters. The molecule has 0 saturated heterocycles. The van der Waals surface area contributed by atoms with Gasteiger partial charge in [-0.15, -0.1) is 0 Å². The van der Waals surface area contributed by atoms with Gasteiger partial charge in [-0.2, -0.15) is 14.8 Å². The predicted octanol–water partition coefficient (Wildman–Crippen LogP) is 4.64. The molecule has 0 spiro atoms. The molecule has 2 aromatic carbocycles. The lowest BCUT2D eigenvalue weighted by molar-refractivity contribution is 0.0570. The highest BCUT2D eigenvalue weighted by Crippen LogP contribution is 2.31. The normalized spacial score (nSPS) is 11.0. The molecule has 4 rings (SSSR count). The number of halogens is 2. The van der Waals surface area contributed by atoms with Crippen LogP contribution in [0.3, 0.4) is 0 Å². The van der Waals surface area contributed by atoms with Crippen LogP contribution in [0, 0.1) is 17.3 Å². The molecule has 0 saturated carbocycles. The van der Waals surface area contributed by atoms with E-state index in [0.717, 1.165) is 5.56 Å². The minimum Gasteiger partial charge on any atom is -0.379 e. The minimum atomic E-state index is -0.773. The van der Waals surface area contributed by atoms with Gasteiger partial charge in [0.25, 0.3) is 5.56 Å². The number of rotatable bonds is 11. The zero-order valence-electron chi connectivity index (χ0n) is 20.2. The summed E-state index contributed by atoms with van der Waals surface area (Å²) in [5.74, 6) is -0.586. The van der Waals surface area contributed by atoms with Gasteiger partial charge in [0, 0.05) is 18.5 Å². The number of fused-ring (bicyclic) bond motifs is 1. The summed E-state index contributed by atoms with van der Waals surface area (Å²) in [5, 5.41) is 17.6. The molecule has 0 amide bonds. The second-order valence-corrected chi connectivity index (χ2v) is 8.47. The standard InChI is InChI=1S/C27H25ClFN5O3/c1-2-36-13-14-37-12-11-31-26-23(28)15-22(25(29)32-26)24-20-5-3-4-6-21(20)27(35)34(33-24)17-19-9-7-18(16-30)8-10-19/h3-10,15H,2,11-14,17H2,1H3,(H,31,32). The molecule has 0 aliphatic heterocycles. The lowest BCUT2D eigenvalue weighted by Gasteiger charge is -2.14. The van der Waals surface area contributed by atoms with E-state index >= 15 is 4.39 Å². The minimum absolute atomic E-state index is 0.0771. The maximum absolute atomic E-state index is 15.3. The van der Waals surface area contributed by atoms with Crippen molar-refractivity contribution in [1.29, 1.82) is 5.26 Å². The van der Waals surface area contributed by atoms with Gasteiger partial charge in [-0.3, -0.25) is 4.79 Å². The molecule has 4 aromatic rings. The molecular formula is C27H25ClFN5O3. The molecule has 1 N–H and O–H groups in total. The third kappa shape index (κ3) is 6.30. The highest BCUT2D eigenvalue weighted by molar-refractivity contribution is 6.33. The second-order valence-electron chi connectivity index (χ2n) is 8.06. The Kier molecular flexibility index (Phi) is 8.80. The van der Waals surface area contributed by atoms with E-state index in [9.17, 15) is 4.79 Å². The van der Waals surface area contributed by atoms with Crippen LogP contribution in [0.15, 0.2) is 59.4 Å². The van der Waals surface area contributed by atoms with Crippen molar-refractivity contribution in [2.24, 2.45) is 0 Å². The van der Waals surface area contributed by atoms with Gasteiger partial charge in [-0.25, -0.2) is 9.67 Å². The molecular weight excluding hydrogens is 497 g/mol. The molecule has 8 nitrogen and oxygen atoms in total. The Morgan fingerprint density at radius 1 is 1.08 bits per heavy atom. The molecule has 10 heteroatoms. The lowest BCUT2D eigenvalue weighted by Crippen LogP contribution is -2.24. The van der Waals surface area contributed by atoms with Crippen LogP contribution in [-0.4, -0.2) is 47.7 Å². The summed E-state index contributed by atoms with van der Waals surface area (Å²) in [7, 11) is 0. The number of ether oxygens (including phenoxy) is 2. The fraction of sp³-hybridized carbons (Fsp3) is 0.259. The average molecular weight is 522 g/mol. The van der Waals surface area contributed by atoms with Crippen LogP contribution in [0.5, 0.6) is 0 Å². The number of pyridine rings is 1. The van der Waals surface area contributed by atoms with Crippen molar-refractivity contribution in [3.05, 3.63) is 87.0 Å². The Hall–Kier alpha value is -3.84. The van der Waals surface area contributed by atoms with Gasteiger partial charge in [0.05, 0.1) is 54.0 Å². The monoisotopic (exact) mass is 521 g/mol. The first-order chi connectivity index (χ1) is 18.0. The molecule has 190 valence electrons. The first kappa shape index (κ1) is 26.2. The van der Waals surface area contributed by atoms with Gasteiger partial charge in [0.1, 0.15) is 11.5 Å². The number of benzene rings is 2. The van der Waals surface area contributed by atoms with Gasteiger partial charge in [0.2, 0.25) is 5.95 Å². The quantitative estimate of drug-likeness (QED) is 0.227. The summed E-state index contributed by atoms with van der Waals surface area (Å²) in [5.41, 5.74) is 1.30. The highest BCUT2D eigenvalue weighted by atomic mass is 35.5. The van der Waals surface area contributed by atoms with Crippen LogP contribution in [0.4, 0.5) is 10.2 Å². The number of nitrogens with one attached hydrogen (secondary N) is 1. The van der Waals surface area contributed by atoms with Crippen molar-refractivity contribution in [2.45, 2.75) is 13.5 Å². The Bertz CT molecular complexity index is 1480. The van der Waals surface area contributed by atoms with Crippen LogP contribution in [0.1, 0.15) is 18.1 Å². The lowest BCUT2D eigenvalue weighted by atomic mass is 10.1. The van der Waals surface area contributed by atoms with E-state index in [1.807, 2.05) is 6.92 Å². The number of nitrogens with zero attached hydrogens (tertiary/aromatic N) is 4. The fourth-order valence-electron chi connectivity index (χ4n) is 3.76. The van der Waals surface area contributed by atoms with Crippen molar-refractivity contribution < 1.29 is 13.9 Å². The van der Waals surface area contributed by atoms with E-state index in [4.69, 9.17) is 26.3 Å². The third-order valence-electron chi connectivity index (χ3n) is 5.58. The Balaban J connectivity index is 1.63. The van der Waals surface area contributed by atoms with Crippen LogP contribution < -0.4 is 10.9 Å². The Morgan fingerprint density at radius 3 is 2.54 bits per heavy atom. The van der Waals surface area contributed by atoms with E-state index in [1.165, 1.54) is 10.7 Å². The van der Waals surface area contributed by atoms with Crippen molar-refractivity contribution >= 4 is 28.2 Å². The van der Waals surface area contributed by atoms with Crippen molar-refractivity contribution in [2.75, 3.05) is 38.3 Å². The van der Waals surface area contributed by atoms with Gasteiger partial charge in [-0.05, 0) is 36.8 Å². The molecule has 2 heterocycles. The summed E-state index contributed by atoms with van der Waals surface area (Å²) >= 11 is 6.44. The summed E-state index contributed by atoms with van der Waals surface area (Å²) in [6, 6.07) is 17.2. The maximum Gasteiger partial charge on any atom is 0.274 e. The first-order valence-corrected chi connectivity index (χ1v) is 12.1. The van der Waals surface area contributed by atoms with Crippen molar-refractivity contribution in [3.8, 4) is 17.3 Å². The molecule has 0 unspecified atom stereocenters. The molecule has 2 aromatic heterocycles. The van der Waals surface area contributed by atoms with E-state index in [-0.39, 0.29) is 34.2 Å². The predicted molar refractivity (Wildman–Crippen MR) is 140 cm³/mol. The van der Waals surface area contributed by atoms with E-state index in [2.05, 4.69) is 21.5 Å². The van der Waals surface area contributed by atoms with Crippen LogP contribution in [0.25, 0.3) is 22.0 Å². The van der Waals surface area contributed by atoms with Crippen LogP contribution in [-0.2, 0) is 16.0 Å². The number of anilines is 1. The number of hydrogen-bond acceptors (Lipinski definition) is 7. The summed E-state index contributed by atoms with van der Waals surface area (Å²) < 4.78 is 27.2. The summed E-state index contributed by atoms with van der Waals surface area (Å²) in [6.45, 7) is 4.41.